The molecule has 0 aliphatic carbocycles. The molecule has 1 aromatic carbocycles. The molecule has 4 heteroatoms. The van der Waals surface area contributed by atoms with Gasteiger partial charge >= 0.3 is 5.97 Å². The average Bonchev–Trinajstić information content (AvgIpc) is 2.85. The predicted octanol–water partition coefficient (Wildman–Crippen LogP) is 2.32. The molecule has 1 aromatic rings. The maximum atomic E-state index is 10.7. The molecule has 19 heavy (non-hydrogen) atoms. The smallest absolute Gasteiger partial charge is 0.328 e. The third-order valence-electron chi connectivity index (χ3n) is 3.41. The number of methoxy groups -OCH3 is 1. The van der Waals surface area contributed by atoms with Gasteiger partial charge in [-0.25, -0.2) is 4.79 Å². The summed E-state index contributed by atoms with van der Waals surface area (Å²) in [5.41, 5.74) is 3.14. The first-order valence-corrected chi connectivity index (χ1v) is 6.39. The van der Waals surface area contributed by atoms with Crippen LogP contribution in [0.1, 0.15) is 17.5 Å². The van der Waals surface area contributed by atoms with Crippen LogP contribution < -0.4 is 4.90 Å². The number of nitrogens with zero attached hydrogens (tertiary/aromatic N) is 1. The van der Waals surface area contributed by atoms with Crippen LogP contribution in [0, 0.1) is 6.92 Å². The van der Waals surface area contributed by atoms with E-state index >= 15 is 0 Å². The summed E-state index contributed by atoms with van der Waals surface area (Å²) in [4.78, 5) is 12.9. The Morgan fingerprint density at radius 1 is 1.53 bits per heavy atom. The fourth-order valence-electron chi connectivity index (χ4n) is 2.40. The second-order valence-electron chi connectivity index (χ2n) is 4.83. The van der Waals surface area contributed by atoms with E-state index in [1.165, 1.54) is 6.08 Å². The first kappa shape index (κ1) is 13.6. The number of carboxylic acid groups (broad SMARTS) is 1. The normalized spacial score (nSPS) is 19.3. The summed E-state index contributed by atoms with van der Waals surface area (Å²) < 4.78 is 5.37. The van der Waals surface area contributed by atoms with Gasteiger partial charge in [-0.2, -0.15) is 0 Å². The second-order valence-corrected chi connectivity index (χ2v) is 4.83. The molecule has 1 heterocycles. The van der Waals surface area contributed by atoms with Gasteiger partial charge in [-0.05, 0) is 37.1 Å². The van der Waals surface area contributed by atoms with Crippen molar-refractivity contribution in [2.24, 2.45) is 0 Å². The van der Waals surface area contributed by atoms with Crippen molar-refractivity contribution in [3.8, 4) is 0 Å². The van der Waals surface area contributed by atoms with Crippen molar-refractivity contribution in [1.29, 1.82) is 0 Å². The average molecular weight is 261 g/mol. The zero-order chi connectivity index (χ0) is 13.8. The molecule has 4 nitrogen and oxygen atoms in total. The molecule has 1 fully saturated rings. The van der Waals surface area contributed by atoms with Crippen LogP contribution in [0.4, 0.5) is 5.69 Å². The summed E-state index contributed by atoms with van der Waals surface area (Å²) in [5, 5.41) is 8.76. The van der Waals surface area contributed by atoms with Crippen LogP contribution in [0.3, 0.4) is 0 Å². The van der Waals surface area contributed by atoms with Gasteiger partial charge in [-0.1, -0.05) is 11.6 Å². The molecular weight excluding hydrogens is 242 g/mol. The van der Waals surface area contributed by atoms with Crippen LogP contribution in [0.2, 0.25) is 0 Å². The molecule has 0 spiro atoms. The van der Waals surface area contributed by atoms with Gasteiger partial charge < -0.3 is 14.7 Å². The minimum atomic E-state index is -0.927. The zero-order valence-electron chi connectivity index (χ0n) is 11.3. The van der Waals surface area contributed by atoms with Crippen molar-refractivity contribution >= 4 is 17.7 Å². The Kier molecular flexibility index (Phi) is 4.22. The number of carboxylic acids is 1. The zero-order valence-corrected chi connectivity index (χ0v) is 11.3. The summed E-state index contributed by atoms with van der Waals surface area (Å²) in [6.45, 7) is 3.80. The highest BCUT2D eigenvalue weighted by atomic mass is 16.5. The number of hydrogen-bond donors (Lipinski definition) is 1. The van der Waals surface area contributed by atoms with Crippen LogP contribution in [-0.2, 0) is 9.53 Å². The highest BCUT2D eigenvalue weighted by Crippen LogP contribution is 2.27. The lowest BCUT2D eigenvalue weighted by Crippen LogP contribution is -2.22. The number of carbonyl (C=O) groups is 1. The number of benzene rings is 1. The van der Waals surface area contributed by atoms with E-state index in [2.05, 4.69) is 11.0 Å². The van der Waals surface area contributed by atoms with Crippen LogP contribution >= 0.6 is 0 Å². The fraction of sp³-hybridized carbons (Fsp3) is 0.400. The SMILES string of the molecule is COC1CCN(c2ccc(C)cc2/C=C/C(=O)O)C1. The minimum Gasteiger partial charge on any atom is -0.478 e. The third-order valence-corrected chi connectivity index (χ3v) is 3.41. The monoisotopic (exact) mass is 261 g/mol. The summed E-state index contributed by atoms with van der Waals surface area (Å²) in [6.07, 6.45) is 4.11. The first-order valence-electron chi connectivity index (χ1n) is 6.39. The topological polar surface area (TPSA) is 49.8 Å². The second kappa shape index (κ2) is 5.89. The fourth-order valence-corrected chi connectivity index (χ4v) is 2.40. The third kappa shape index (κ3) is 3.35. The van der Waals surface area contributed by atoms with E-state index in [0.29, 0.717) is 0 Å². The van der Waals surface area contributed by atoms with Gasteiger partial charge in [0.15, 0.2) is 0 Å². The van der Waals surface area contributed by atoms with E-state index in [1.54, 1.807) is 13.2 Å². The van der Waals surface area contributed by atoms with Gasteiger partial charge in [0.05, 0.1) is 6.10 Å². The van der Waals surface area contributed by atoms with Gasteiger partial charge in [0, 0.05) is 32.0 Å². The van der Waals surface area contributed by atoms with Gasteiger partial charge in [0.1, 0.15) is 0 Å². The number of aryl methyl sites for hydroxylation is 1. The van der Waals surface area contributed by atoms with Crippen LogP contribution in [0.25, 0.3) is 6.08 Å². The molecule has 1 atom stereocenters. The van der Waals surface area contributed by atoms with Gasteiger partial charge in [0.2, 0.25) is 0 Å². The number of anilines is 1. The number of ether oxygens (including phenoxy) is 1. The van der Waals surface area contributed by atoms with Gasteiger partial charge in [-0.3, -0.25) is 0 Å². The number of aliphatic carboxylic acids is 1. The summed E-state index contributed by atoms with van der Waals surface area (Å²) in [6, 6.07) is 6.11. The van der Waals surface area contributed by atoms with Crippen molar-refractivity contribution in [3.05, 3.63) is 35.4 Å². The Morgan fingerprint density at radius 2 is 2.32 bits per heavy atom. The minimum absolute atomic E-state index is 0.262. The van der Waals surface area contributed by atoms with Crippen molar-refractivity contribution in [3.63, 3.8) is 0 Å². The molecule has 0 aromatic heterocycles. The number of hydrogen-bond acceptors (Lipinski definition) is 3. The van der Waals surface area contributed by atoms with Crippen molar-refractivity contribution in [1.82, 2.24) is 0 Å². The molecule has 1 saturated heterocycles. The van der Waals surface area contributed by atoms with E-state index in [4.69, 9.17) is 9.84 Å². The lowest BCUT2D eigenvalue weighted by Gasteiger charge is -2.21. The number of rotatable bonds is 4. The molecule has 0 bridgehead atoms. The molecule has 102 valence electrons. The molecular formula is C15H19NO3. The summed E-state index contributed by atoms with van der Waals surface area (Å²) >= 11 is 0. The van der Waals surface area contributed by atoms with Crippen LogP contribution in [0.5, 0.6) is 0 Å². The maximum absolute atomic E-state index is 10.7. The van der Waals surface area contributed by atoms with Gasteiger partial charge in [0.25, 0.3) is 0 Å². The quantitative estimate of drug-likeness (QED) is 0.845. The Labute approximate surface area is 113 Å². The molecule has 0 radical (unpaired) electrons. The standard InChI is InChI=1S/C15H19NO3/c1-11-3-5-14(12(9-11)4-6-15(17)18)16-8-7-13(10-16)19-2/h3-6,9,13H,7-8,10H2,1-2H3,(H,17,18)/b6-4+. The van der Waals surface area contributed by atoms with Crippen LogP contribution in [0.15, 0.2) is 24.3 Å². The molecule has 1 N–H and O–H groups in total. The molecule has 0 amide bonds. The Morgan fingerprint density at radius 3 is 2.95 bits per heavy atom. The molecule has 1 aliphatic rings. The van der Waals surface area contributed by atoms with E-state index in [-0.39, 0.29) is 6.10 Å². The van der Waals surface area contributed by atoms with Crippen molar-refractivity contribution in [2.45, 2.75) is 19.4 Å². The molecule has 1 unspecified atom stereocenters. The largest absolute Gasteiger partial charge is 0.478 e. The lowest BCUT2D eigenvalue weighted by atomic mass is 10.1. The maximum Gasteiger partial charge on any atom is 0.328 e. The summed E-state index contributed by atoms with van der Waals surface area (Å²) in [5.74, 6) is -0.927. The van der Waals surface area contributed by atoms with Gasteiger partial charge in [-0.15, -0.1) is 0 Å². The first-order chi connectivity index (χ1) is 9.10. The summed E-state index contributed by atoms with van der Waals surface area (Å²) in [7, 11) is 1.73. The Hall–Kier alpha value is -1.81. The van der Waals surface area contributed by atoms with E-state index in [1.807, 2.05) is 19.1 Å². The Bertz CT molecular complexity index is 496. The molecule has 1 aliphatic heterocycles. The van der Waals surface area contributed by atoms with Crippen molar-refractivity contribution in [2.75, 3.05) is 25.1 Å². The lowest BCUT2D eigenvalue weighted by molar-refractivity contribution is -0.131. The highest BCUT2D eigenvalue weighted by molar-refractivity contribution is 5.87. The predicted molar refractivity (Wildman–Crippen MR) is 75.5 cm³/mol. The molecule has 0 saturated carbocycles. The Balaban J connectivity index is 2.27. The van der Waals surface area contributed by atoms with E-state index in [0.717, 1.165) is 36.3 Å². The van der Waals surface area contributed by atoms with E-state index in [9.17, 15) is 4.79 Å². The van der Waals surface area contributed by atoms with E-state index < -0.39 is 5.97 Å². The van der Waals surface area contributed by atoms with Crippen molar-refractivity contribution < 1.29 is 14.6 Å². The highest BCUT2D eigenvalue weighted by Gasteiger charge is 2.23. The van der Waals surface area contributed by atoms with Crippen LogP contribution in [-0.4, -0.2) is 37.4 Å². The molecule has 2 rings (SSSR count).